The van der Waals surface area contributed by atoms with E-state index in [1.54, 1.807) is 24.3 Å². The molecule has 132 valence electrons. The van der Waals surface area contributed by atoms with Gasteiger partial charge in [0.1, 0.15) is 11.5 Å². The van der Waals surface area contributed by atoms with Gasteiger partial charge >= 0.3 is 5.97 Å². The lowest BCUT2D eigenvalue weighted by Gasteiger charge is -2.09. The molecule has 26 heavy (non-hydrogen) atoms. The summed E-state index contributed by atoms with van der Waals surface area (Å²) in [5, 5.41) is 0. The van der Waals surface area contributed by atoms with Gasteiger partial charge in [-0.25, -0.2) is 4.79 Å². The molecular weight excluding hydrogens is 400 g/mol. The Morgan fingerprint density at radius 3 is 2.88 bits per heavy atom. The topological polar surface area (TPSA) is 61.8 Å². The molecule has 1 unspecified atom stereocenters. The number of carbonyl (C=O) groups excluding carboxylic acids is 2. The second kappa shape index (κ2) is 7.05. The summed E-state index contributed by atoms with van der Waals surface area (Å²) in [4.78, 5) is 24.5. The van der Waals surface area contributed by atoms with Crippen molar-refractivity contribution >= 4 is 33.8 Å². The van der Waals surface area contributed by atoms with Crippen molar-refractivity contribution in [1.29, 1.82) is 0 Å². The van der Waals surface area contributed by atoms with E-state index in [0.717, 1.165) is 16.5 Å². The Kier molecular flexibility index (Phi) is 4.61. The fourth-order valence-corrected chi connectivity index (χ4v) is 3.34. The molecule has 4 rings (SSSR count). The number of hydrogen-bond donors (Lipinski definition) is 0. The van der Waals surface area contributed by atoms with Crippen LogP contribution in [0.15, 0.2) is 52.7 Å². The summed E-state index contributed by atoms with van der Waals surface area (Å²) in [6.45, 7) is 0.575. The zero-order valence-corrected chi connectivity index (χ0v) is 15.3. The first-order valence-corrected chi connectivity index (χ1v) is 9.06. The zero-order valence-electron chi connectivity index (χ0n) is 13.7. The van der Waals surface area contributed by atoms with E-state index in [0.29, 0.717) is 30.1 Å². The molecule has 0 aliphatic carbocycles. The molecule has 0 bridgehead atoms. The molecule has 0 radical (unpaired) electrons. The Labute approximate surface area is 158 Å². The fraction of sp³-hybridized carbons (Fsp3) is 0.200. The molecular formula is C20H15BrO5. The Morgan fingerprint density at radius 2 is 2.12 bits per heavy atom. The minimum atomic E-state index is -0.516. The highest BCUT2D eigenvalue weighted by molar-refractivity contribution is 9.10. The number of benzene rings is 2. The normalized spacial score (nSPS) is 20.1. The molecule has 6 heteroatoms. The van der Waals surface area contributed by atoms with Crippen LogP contribution in [0.4, 0.5) is 0 Å². The number of hydrogen-bond acceptors (Lipinski definition) is 5. The van der Waals surface area contributed by atoms with Crippen LogP contribution in [0.25, 0.3) is 6.08 Å². The Morgan fingerprint density at radius 1 is 1.23 bits per heavy atom. The standard InChI is InChI=1S/C20H15BrO5/c21-13-4-1-3-12(9-13)10-18-19(22)15-7-6-14(11-17(15)26-18)25-20(23)16-5-2-8-24-16/h1,3-4,6-7,9-11,16H,2,5,8H2/b18-10-. The van der Waals surface area contributed by atoms with Crippen LogP contribution in [0, 0.1) is 0 Å². The van der Waals surface area contributed by atoms with E-state index in [2.05, 4.69) is 15.9 Å². The van der Waals surface area contributed by atoms with Gasteiger partial charge in [-0.3, -0.25) is 4.79 Å². The SMILES string of the molecule is O=C1/C(=C/c2cccc(Br)c2)Oc2cc(OC(=O)C3CCCO3)ccc21. The van der Waals surface area contributed by atoms with Gasteiger partial charge in [-0.2, -0.15) is 0 Å². The Balaban J connectivity index is 1.53. The van der Waals surface area contributed by atoms with E-state index in [4.69, 9.17) is 14.2 Å². The summed E-state index contributed by atoms with van der Waals surface area (Å²) in [7, 11) is 0. The minimum Gasteiger partial charge on any atom is -0.452 e. The summed E-state index contributed by atoms with van der Waals surface area (Å²) in [5.41, 5.74) is 1.30. The van der Waals surface area contributed by atoms with E-state index < -0.39 is 12.1 Å². The number of halogens is 1. The lowest BCUT2D eigenvalue weighted by atomic mass is 10.1. The summed E-state index contributed by atoms with van der Waals surface area (Å²) in [6.07, 6.45) is 2.69. The van der Waals surface area contributed by atoms with Crippen molar-refractivity contribution in [3.8, 4) is 11.5 Å². The molecule has 2 aromatic rings. The van der Waals surface area contributed by atoms with Gasteiger partial charge in [0.2, 0.25) is 5.78 Å². The molecule has 1 saturated heterocycles. The van der Waals surface area contributed by atoms with E-state index in [1.165, 1.54) is 0 Å². The van der Waals surface area contributed by atoms with Crippen LogP contribution < -0.4 is 9.47 Å². The third-order valence-electron chi connectivity index (χ3n) is 4.20. The third-order valence-corrected chi connectivity index (χ3v) is 4.69. The molecule has 2 aromatic carbocycles. The monoisotopic (exact) mass is 414 g/mol. The lowest BCUT2D eigenvalue weighted by molar-refractivity contribution is -0.144. The molecule has 1 atom stereocenters. The maximum atomic E-state index is 12.5. The third kappa shape index (κ3) is 3.43. The number of ether oxygens (including phenoxy) is 3. The second-order valence-corrected chi connectivity index (χ2v) is 6.99. The number of allylic oxidation sites excluding steroid dienone is 1. The smallest absolute Gasteiger partial charge is 0.340 e. The van der Waals surface area contributed by atoms with Crippen molar-refractivity contribution < 1.29 is 23.8 Å². The van der Waals surface area contributed by atoms with Crippen molar-refractivity contribution in [2.24, 2.45) is 0 Å². The average Bonchev–Trinajstić information content (AvgIpc) is 3.24. The van der Waals surface area contributed by atoms with Crippen LogP contribution in [0.3, 0.4) is 0 Å². The predicted octanol–water partition coefficient (Wildman–Crippen LogP) is 4.15. The van der Waals surface area contributed by atoms with Crippen molar-refractivity contribution in [3.05, 3.63) is 63.8 Å². The Bertz CT molecular complexity index is 912. The van der Waals surface area contributed by atoms with Crippen LogP contribution in [0.1, 0.15) is 28.8 Å². The second-order valence-electron chi connectivity index (χ2n) is 6.08. The molecule has 2 aliphatic rings. The first-order chi connectivity index (χ1) is 12.6. The predicted molar refractivity (Wildman–Crippen MR) is 98.1 cm³/mol. The average molecular weight is 415 g/mol. The van der Waals surface area contributed by atoms with Crippen LogP contribution in [-0.2, 0) is 9.53 Å². The first kappa shape index (κ1) is 17.0. The number of esters is 1. The Hall–Kier alpha value is -2.44. The van der Waals surface area contributed by atoms with E-state index >= 15 is 0 Å². The van der Waals surface area contributed by atoms with Crippen LogP contribution in [-0.4, -0.2) is 24.5 Å². The van der Waals surface area contributed by atoms with Gasteiger partial charge in [0.15, 0.2) is 11.9 Å². The summed E-state index contributed by atoms with van der Waals surface area (Å²) < 4.78 is 17.3. The van der Waals surface area contributed by atoms with E-state index in [9.17, 15) is 9.59 Å². The van der Waals surface area contributed by atoms with E-state index in [1.807, 2.05) is 24.3 Å². The molecule has 1 fully saturated rings. The van der Waals surface area contributed by atoms with Gasteiger partial charge in [-0.05, 0) is 48.7 Å². The molecule has 0 N–H and O–H groups in total. The largest absolute Gasteiger partial charge is 0.452 e. The van der Waals surface area contributed by atoms with Crippen LogP contribution >= 0.6 is 15.9 Å². The molecule has 5 nitrogen and oxygen atoms in total. The number of Topliss-reactive ketones (excluding diaryl/α,β-unsaturated/α-hetero) is 1. The van der Waals surface area contributed by atoms with Gasteiger partial charge in [0, 0.05) is 17.1 Å². The molecule has 0 amide bonds. The van der Waals surface area contributed by atoms with Gasteiger partial charge in [0.05, 0.1) is 5.56 Å². The van der Waals surface area contributed by atoms with E-state index in [-0.39, 0.29) is 11.5 Å². The van der Waals surface area contributed by atoms with Crippen LogP contribution in [0.5, 0.6) is 11.5 Å². The number of carbonyl (C=O) groups is 2. The lowest BCUT2D eigenvalue weighted by Crippen LogP contribution is -2.24. The molecule has 2 heterocycles. The number of rotatable bonds is 3. The first-order valence-electron chi connectivity index (χ1n) is 8.27. The molecule has 0 saturated carbocycles. The van der Waals surface area contributed by atoms with Gasteiger partial charge < -0.3 is 14.2 Å². The van der Waals surface area contributed by atoms with Gasteiger partial charge in [0.25, 0.3) is 0 Å². The molecule has 0 spiro atoms. The highest BCUT2D eigenvalue weighted by Gasteiger charge is 2.29. The quantitative estimate of drug-likeness (QED) is 0.428. The van der Waals surface area contributed by atoms with Crippen molar-refractivity contribution in [3.63, 3.8) is 0 Å². The highest BCUT2D eigenvalue weighted by atomic mass is 79.9. The van der Waals surface area contributed by atoms with Crippen molar-refractivity contribution in [2.45, 2.75) is 18.9 Å². The zero-order chi connectivity index (χ0) is 18.1. The summed E-state index contributed by atoms with van der Waals surface area (Å²) in [6, 6.07) is 12.3. The number of fused-ring (bicyclic) bond motifs is 1. The molecule has 0 aromatic heterocycles. The van der Waals surface area contributed by atoms with Gasteiger partial charge in [-0.15, -0.1) is 0 Å². The highest BCUT2D eigenvalue weighted by Crippen LogP contribution is 2.35. The minimum absolute atomic E-state index is 0.197. The number of ketones is 1. The van der Waals surface area contributed by atoms with Crippen LogP contribution in [0.2, 0.25) is 0 Å². The van der Waals surface area contributed by atoms with Crippen molar-refractivity contribution in [2.75, 3.05) is 6.61 Å². The summed E-state index contributed by atoms with van der Waals surface area (Å²) in [5.74, 6) is 0.337. The van der Waals surface area contributed by atoms with Gasteiger partial charge in [-0.1, -0.05) is 28.1 Å². The van der Waals surface area contributed by atoms with Crippen molar-refractivity contribution in [1.82, 2.24) is 0 Å². The fourth-order valence-electron chi connectivity index (χ4n) is 2.92. The maximum Gasteiger partial charge on any atom is 0.340 e. The molecule has 2 aliphatic heterocycles. The maximum absolute atomic E-state index is 12.5. The summed E-state index contributed by atoms with van der Waals surface area (Å²) >= 11 is 3.40.